The van der Waals surface area contributed by atoms with Crippen LogP contribution in [0.15, 0.2) is 6.20 Å². The van der Waals surface area contributed by atoms with Gasteiger partial charge in [-0.3, -0.25) is 4.90 Å². The van der Waals surface area contributed by atoms with Gasteiger partial charge in [-0.2, -0.15) is 0 Å². The van der Waals surface area contributed by atoms with Crippen LogP contribution in [-0.2, 0) is 11.3 Å². The van der Waals surface area contributed by atoms with Crippen LogP contribution in [0.25, 0.3) is 0 Å². The first kappa shape index (κ1) is 13.9. The van der Waals surface area contributed by atoms with E-state index < -0.39 is 0 Å². The Morgan fingerprint density at radius 3 is 2.90 bits per heavy atom. The van der Waals surface area contributed by atoms with E-state index in [0.29, 0.717) is 6.04 Å². The molecule has 1 aromatic heterocycles. The summed E-state index contributed by atoms with van der Waals surface area (Å²) >= 11 is 1.86. The van der Waals surface area contributed by atoms with Crippen molar-refractivity contribution in [3.05, 3.63) is 11.1 Å². The van der Waals surface area contributed by atoms with E-state index in [1.165, 1.54) is 29.3 Å². The van der Waals surface area contributed by atoms with Crippen LogP contribution in [0.5, 0.6) is 0 Å². The van der Waals surface area contributed by atoms with Crippen LogP contribution < -0.4 is 10.2 Å². The summed E-state index contributed by atoms with van der Waals surface area (Å²) in [6.45, 7) is 7.23. The van der Waals surface area contributed by atoms with Crippen molar-refractivity contribution in [1.82, 2.24) is 15.2 Å². The van der Waals surface area contributed by atoms with Gasteiger partial charge in [0.2, 0.25) is 0 Å². The van der Waals surface area contributed by atoms with Gasteiger partial charge in [0.1, 0.15) is 0 Å². The average molecular weight is 308 g/mol. The number of morpholine rings is 1. The zero-order valence-electron chi connectivity index (χ0n) is 12.5. The van der Waals surface area contributed by atoms with E-state index in [1.54, 1.807) is 0 Å². The van der Waals surface area contributed by atoms with E-state index in [2.05, 4.69) is 26.3 Å². The fourth-order valence-electron chi connectivity index (χ4n) is 3.21. The Morgan fingerprint density at radius 1 is 1.24 bits per heavy atom. The molecule has 0 radical (unpaired) electrons. The Labute approximate surface area is 130 Å². The van der Waals surface area contributed by atoms with Gasteiger partial charge < -0.3 is 15.0 Å². The fourth-order valence-corrected chi connectivity index (χ4v) is 4.11. The molecule has 1 aromatic rings. The lowest BCUT2D eigenvalue weighted by atomic mass is 10.2. The van der Waals surface area contributed by atoms with E-state index in [0.717, 1.165) is 52.0 Å². The fraction of sp³-hybridized carbons (Fsp3) is 0.800. The molecule has 3 heterocycles. The molecule has 116 valence electrons. The van der Waals surface area contributed by atoms with Crippen LogP contribution in [-0.4, -0.2) is 61.4 Å². The molecule has 1 unspecified atom stereocenters. The first-order chi connectivity index (χ1) is 10.4. The molecule has 4 rings (SSSR count). The highest BCUT2D eigenvalue weighted by atomic mass is 32.1. The molecule has 3 aliphatic rings. The van der Waals surface area contributed by atoms with E-state index >= 15 is 0 Å². The maximum atomic E-state index is 5.45. The molecular formula is C15H24N4OS. The topological polar surface area (TPSA) is 40.6 Å². The van der Waals surface area contributed by atoms with Gasteiger partial charge in [-0.05, 0) is 19.3 Å². The summed E-state index contributed by atoms with van der Waals surface area (Å²) < 4.78 is 5.45. The number of hydrogen-bond acceptors (Lipinski definition) is 6. The summed E-state index contributed by atoms with van der Waals surface area (Å²) in [4.78, 5) is 11.1. The van der Waals surface area contributed by atoms with Gasteiger partial charge in [-0.1, -0.05) is 0 Å². The molecule has 1 aliphatic carbocycles. The van der Waals surface area contributed by atoms with Crippen LogP contribution in [0.4, 0.5) is 5.13 Å². The molecule has 1 N–H and O–H groups in total. The molecule has 2 saturated heterocycles. The van der Waals surface area contributed by atoms with Gasteiger partial charge in [0, 0.05) is 55.9 Å². The lowest BCUT2D eigenvalue weighted by Gasteiger charge is -2.32. The number of anilines is 1. The zero-order valence-corrected chi connectivity index (χ0v) is 13.3. The Morgan fingerprint density at radius 2 is 2.10 bits per heavy atom. The van der Waals surface area contributed by atoms with Crippen molar-refractivity contribution in [2.45, 2.75) is 37.9 Å². The molecule has 2 aliphatic heterocycles. The van der Waals surface area contributed by atoms with Gasteiger partial charge in [-0.25, -0.2) is 4.98 Å². The SMILES string of the molecule is c1nc(N2CCC(N3CCOCC3)C2)sc1CNC1CC1. The largest absolute Gasteiger partial charge is 0.379 e. The lowest BCUT2D eigenvalue weighted by molar-refractivity contribution is 0.0209. The Balaban J connectivity index is 1.31. The third-order valence-corrected chi connectivity index (χ3v) is 5.74. The first-order valence-corrected chi connectivity index (χ1v) is 8.95. The smallest absolute Gasteiger partial charge is 0.185 e. The number of nitrogens with one attached hydrogen (secondary N) is 1. The second kappa shape index (κ2) is 6.20. The summed E-state index contributed by atoms with van der Waals surface area (Å²) in [5.74, 6) is 0. The highest BCUT2D eigenvalue weighted by Gasteiger charge is 2.30. The van der Waals surface area contributed by atoms with Crippen molar-refractivity contribution in [3.63, 3.8) is 0 Å². The zero-order chi connectivity index (χ0) is 14.1. The van der Waals surface area contributed by atoms with E-state index in [4.69, 9.17) is 4.74 Å². The van der Waals surface area contributed by atoms with Crippen molar-refractivity contribution in [2.24, 2.45) is 0 Å². The molecule has 1 saturated carbocycles. The molecule has 21 heavy (non-hydrogen) atoms. The maximum Gasteiger partial charge on any atom is 0.185 e. The van der Waals surface area contributed by atoms with Crippen LogP contribution >= 0.6 is 11.3 Å². The van der Waals surface area contributed by atoms with Crippen LogP contribution in [0, 0.1) is 0 Å². The predicted molar refractivity (Wildman–Crippen MR) is 85.0 cm³/mol. The number of rotatable bonds is 5. The summed E-state index contributed by atoms with van der Waals surface area (Å²) in [7, 11) is 0. The summed E-state index contributed by atoms with van der Waals surface area (Å²) in [5.41, 5.74) is 0. The maximum absolute atomic E-state index is 5.45. The number of aromatic nitrogens is 1. The van der Waals surface area contributed by atoms with Gasteiger partial charge in [0.25, 0.3) is 0 Å². The van der Waals surface area contributed by atoms with E-state index in [1.807, 2.05) is 11.3 Å². The van der Waals surface area contributed by atoms with Crippen LogP contribution in [0.3, 0.4) is 0 Å². The van der Waals surface area contributed by atoms with Crippen LogP contribution in [0.2, 0.25) is 0 Å². The second-order valence-corrected chi connectivity index (χ2v) is 7.39. The van der Waals surface area contributed by atoms with E-state index in [-0.39, 0.29) is 0 Å². The molecule has 0 aromatic carbocycles. The van der Waals surface area contributed by atoms with Crippen molar-refractivity contribution < 1.29 is 4.74 Å². The Kier molecular flexibility index (Phi) is 4.12. The quantitative estimate of drug-likeness (QED) is 0.888. The standard InChI is InChI=1S/C15H24N4OS/c1-2-12(1)16-9-14-10-17-15(21-14)19-4-3-13(11-19)18-5-7-20-8-6-18/h10,12-13,16H,1-9,11H2. The Hall–Kier alpha value is -0.690. The van der Waals surface area contributed by atoms with E-state index in [9.17, 15) is 0 Å². The first-order valence-electron chi connectivity index (χ1n) is 8.13. The number of ether oxygens (including phenoxy) is 1. The van der Waals surface area contributed by atoms with Gasteiger partial charge in [0.05, 0.1) is 13.2 Å². The molecule has 6 heteroatoms. The number of nitrogens with zero attached hydrogens (tertiary/aromatic N) is 3. The van der Waals surface area contributed by atoms with Crippen molar-refractivity contribution in [2.75, 3.05) is 44.3 Å². The third kappa shape index (κ3) is 3.39. The van der Waals surface area contributed by atoms with Gasteiger partial charge in [0.15, 0.2) is 5.13 Å². The minimum atomic E-state index is 0.686. The molecule has 0 amide bonds. The molecule has 3 fully saturated rings. The highest BCUT2D eigenvalue weighted by Crippen LogP contribution is 2.28. The number of thiazole rings is 1. The van der Waals surface area contributed by atoms with Crippen LogP contribution in [0.1, 0.15) is 24.1 Å². The average Bonchev–Trinajstić information content (AvgIpc) is 3.03. The molecule has 0 bridgehead atoms. The van der Waals surface area contributed by atoms with Crippen molar-refractivity contribution >= 4 is 16.5 Å². The summed E-state index contributed by atoms with van der Waals surface area (Å²) in [6.07, 6.45) is 6.00. The summed E-state index contributed by atoms with van der Waals surface area (Å²) in [5, 5.41) is 4.77. The number of hydrogen-bond donors (Lipinski definition) is 1. The highest BCUT2D eigenvalue weighted by molar-refractivity contribution is 7.15. The van der Waals surface area contributed by atoms with Crippen molar-refractivity contribution in [1.29, 1.82) is 0 Å². The minimum Gasteiger partial charge on any atom is -0.379 e. The lowest BCUT2D eigenvalue weighted by Crippen LogP contribution is -2.44. The van der Waals surface area contributed by atoms with Crippen molar-refractivity contribution in [3.8, 4) is 0 Å². The third-order valence-electron chi connectivity index (χ3n) is 4.68. The van der Waals surface area contributed by atoms with Gasteiger partial charge in [-0.15, -0.1) is 11.3 Å². The minimum absolute atomic E-state index is 0.686. The molecule has 5 nitrogen and oxygen atoms in total. The normalized spacial score (nSPS) is 27.4. The summed E-state index contributed by atoms with van der Waals surface area (Å²) in [6, 6.07) is 1.46. The molecule has 0 spiro atoms. The van der Waals surface area contributed by atoms with Gasteiger partial charge >= 0.3 is 0 Å². The molecular weight excluding hydrogens is 284 g/mol. The molecule has 1 atom stereocenters. The Bertz CT molecular complexity index is 470. The predicted octanol–water partition coefficient (Wildman–Crippen LogP) is 1.31. The monoisotopic (exact) mass is 308 g/mol. The second-order valence-electron chi connectivity index (χ2n) is 6.30.